The van der Waals surface area contributed by atoms with Gasteiger partial charge in [-0.05, 0) is 18.6 Å². The second kappa shape index (κ2) is 3.47. The van der Waals surface area contributed by atoms with Crippen LogP contribution in [0.15, 0.2) is 24.5 Å². The summed E-state index contributed by atoms with van der Waals surface area (Å²) in [5.74, 6) is 0. The van der Waals surface area contributed by atoms with Gasteiger partial charge in [-0.2, -0.15) is 0 Å². The Kier molecular flexibility index (Phi) is 2.17. The van der Waals surface area contributed by atoms with E-state index in [2.05, 4.69) is 28.3 Å². The number of rotatable bonds is 3. The molecular formula is C10H13N3. The van der Waals surface area contributed by atoms with Crippen LogP contribution in [-0.2, 0) is 0 Å². The van der Waals surface area contributed by atoms with Crippen molar-refractivity contribution in [2.24, 2.45) is 0 Å². The number of H-pyrrole nitrogens is 1. The highest BCUT2D eigenvalue weighted by molar-refractivity contribution is 5.78. The smallest absolute Gasteiger partial charge is 0.137 e. The topological polar surface area (TPSA) is 40.7 Å². The second-order valence-electron chi connectivity index (χ2n) is 3.07. The number of hydrogen-bond donors (Lipinski definition) is 2. The van der Waals surface area contributed by atoms with Crippen molar-refractivity contribution in [2.45, 2.75) is 13.3 Å². The van der Waals surface area contributed by atoms with Crippen LogP contribution in [0.4, 0.5) is 5.69 Å². The molecule has 0 amide bonds. The molecule has 68 valence electrons. The van der Waals surface area contributed by atoms with E-state index in [4.69, 9.17) is 0 Å². The monoisotopic (exact) mass is 175 g/mol. The Balaban J connectivity index is 2.26. The van der Waals surface area contributed by atoms with Gasteiger partial charge in [-0.25, -0.2) is 4.98 Å². The van der Waals surface area contributed by atoms with Gasteiger partial charge in [0.25, 0.3) is 0 Å². The lowest BCUT2D eigenvalue weighted by Gasteiger charge is -2.02. The van der Waals surface area contributed by atoms with Crippen LogP contribution in [0.5, 0.6) is 0 Å². The first-order valence-corrected chi connectivity index (χ1v) is 4.57. The predicted octanol–water partition coefficient (Wildman–Crippen LogP) is 2.38. The highest BCUT2D eigenvalue weighted by Crippen LogP contribution is 2.14. The fraction of sp³-hybridized carbons (Fsp3) is 0.300. The second-order valence-corrected chi connectivity index (χ2v) is 3.07. The van der Waals surface area contributed by atoms with Gasteiger partial charge in [-0.1, -0.05) is 6.92 Å². The molecule has 0 saturated carbocycles. The molecule has 0 saturated heterocycles. The van der Waals surface area contributed by atoms with E-state index in [1.807, 2.05) is 18.5 Å². The third kappa shape index (κ3) is 1.64. The standard InChI is InChI=1S/C10H13N3/c1-2-4-11-9-6-8-3-5-12-10(8)13-7-9/h3,5-7,11H,2,4H2,1H3,(H,12,13). The van der Waals surface area contributed by atoms with E-state index in [0.29, 0.717) is 0 Å². The summed E-state index contributed by atoms with van der Waals surface area (Å²) < 4.78 is 0. The first-order chi connectivity index (χ1) is 6.40. The number of nitrogens with zero attached hydrogens (tertiary/aromatic N) is 1. The highest BCUT2D eigenvalue weighted by atomic mass is 14.9. The van der Waals surface area contributed by atoms with E-state index in [1.54, 1.807) is 0 Å². The Morgan fingerprint density at radius 2 is 2.46 bits per heavy atom. The van der Waals surface area contributed by atoms with Gasteiger partial charge >= 0.3 is 0 Å². The minimum Gasteiger partial charge on any atom is -0.384 e. The first-order valence-electron chi connectivity index (χ1n) is 4.57. The molecule has 0 aromatic carbocycles. The minimum atomic E-state index is 0.946. The van der Waals surface area contributed by atoms with Crippen LogP contribution in [0.25, 0.3) is 11.0 Å². The molecule has 2 rings (SSSR count). The van der Waals surface area contributed by atoms with Crippen LogP contribution < -0.4 is 5.32 Å². The molecule has 3 nitrogen and oxygen atoms in total. The SMILES string of the molecule is CCCNc1cnc2[nH]ccc2c1. The fourth-order valence-electron chi connectivity index (χ4n) is 1.31. The van der Waals surface area contributed by atoms with Crippen molar-refractivity contribution in [3.63, 3.8) is 0 Å². The van der Waals surface area contributed by atoms with Crippen molar-refractivity contribution in [3.8, 4) is 0 Å². The maximum Gasteiger partial charge on any atom is 0.137 e. The molecule has 0 radical (unpaired) electrons. The van der Waals surface area contributed by atoms with E-state index in [0.717, 1.165) is 29.7 Å². The number of pyridine rings is 1. The van der Waals surface area contributed by atoms with E-state index in [-0.39, 0.29) is 0 Å². The molecule has 2 N–H and O–H groups in total. The highest BCUT2D eigenvalue weighted by Gasteiger charge is 1.96. The van der Waals surface area contributed by atoms with Gasteiger partial charge < -0.3 is 10.3 Å². The van der Waals surface area contributed by atoms with Crippen LogP contribution in [0, 0.1) is 0 Å². The van der Waals surface area contributed by atoms with Crippen molar-refractivity contribution < 1.29 is 0 Å². The number of nitrogens with one attached hydrogen (secondary N) is 2. The summed E-state index contributed by atoms with van der Waals surface area (Å²) in [6, 6.07) is 4.13. The van der Waals surface area contributed by atoms with Crippen LogP contribution >= 0.6 is 0 Å². The Labute approximate surface area is 77.2 Å². The molecule has 0 aliphatic carbocycles. The normalized spacial score (nSPS) is 10.5. The molecule has 0 atom stereocenters. The third-order valence-corrected chi connectivity index (χ3v) is 1.98. The zero-order valence-electron chi connectivity index (χ0n) is 7.67. The lowest BCUT2D eigenvalue weighted by Crippen LogP contribution is -1.99. The lowest BCUT2D eigenvalue weighted by atomic mass is 10.3. The predicted molar refractivity (Wildman–Crippen MR) is 54.9 cm³/mol. The summed E-state index contributed by atoms with van der Waals surface area (Å²) in [5.41, 5.74) is 2.04. The van der Waals surface area contributed by atoms with Crippen LogP contribution in [-0.4, -0.2) is 16.5 Å². The number of fused-ring (bicyclic) bond motifs is 1. The van der Waals surface area contributed by atoms with E-state index >= 15 is 0 Å². The third-order valence-electron chi connectivity index (χ3n) is 1.98. The summed E-state index contributed by atoms with van der Waals surface area (Å²) >= 11 is 0. The molecular weight excluding hydrogens is 162 g/mol. The van der Waals surface area contributed by atoms with Gasteiger partial charge in [0.15, 0.2) is 0 Å². The Morgan fingerprint density at radius 3 is 3.31 bits per heavy atom. The summed E-state index contributed by atoms with van der Waals surface area (Å²) in [6.07, 6.45) is 4.89. The number of anilines is 1. The molecule has 3 heteroatoms. The van der Waals surface area contributed by atoms with Gasteiger partial charge in [-0.15, -0.1) is 0 Å². The number of aromatic nitrogens is 2. The van der Waals surface area contributed by atoms with Crippen molar-refractivity contribution in [2.75, 3.05) is 11.9 Å². The molecule has 0 aliphatic rings. The molecule has 2 heterocycles. The van der Waals surface area contributed by atoms with Crippen molar-refractivity contribution in [3.05, 3.63) is 24.5 Å². The maximum absolute atomic E-state index is 4.28. The van der Waals surface area contributed by atoms with Gasteiger partial charge in [-0.3, -0.25) is 0 Å². The van der Waals surface area contributed by atoms with E-state index in [1.165, 1.54) is 0 Å². The Hall–Kier alpha value is -1.51. The summed E-state index contributed by atoms with van der Waals surface area (Å²) in [5, 5.41) is 4.45. The summed E-state index contributed by atoms with van der Waals surface area (Å²) in [4.78, 5) is 7.34. The molecule has 2 aromatic rings. The summed E-state index contributed by atoms with van der Waals surface area (Å²) in [6.45, 7) is 3.15. The van der Waals surface area contributed by atoms with Gasteiger partial charge in [0.1, 0.15) is 5.65 Å². The van der Waals surface area contributed by atoms with E-state index in [9.17, 15) is 0 Å². The lowest BCUT2D eigenvalue weighted by molar-refractivity contribution is 0.978. The van der Waals surface area contributed by atoms with Gasteiger partial charge in [0.05, 0.1) is 11.9 Å². The minimum absolute atomic E-state index is 0.946. The van der Waals surface area contributed by atoms with Crippen molar-refractivity contribution in [1.29, 1.82) is 0 Å². The van der Waals surface area contributed by atoms with Gasteiger partial charge in [0, 0.05) is 18.1 Å². The zero-order valence-corrected chi connectivity index (χ0v) is 7.67. The fourth-order valence-corrected chi connectivity index (χ4v) is 1.31. The maximum atomic E-state index is 4.28. The largest absolute Gasteiger partial charge is 0.384 e. The molecule has 0 bridgehead atoms. The van der Waals surface area contributed by atoms with Crippen LogP contribution in [0.2, 0.25) is 0 Å². The quantitative estimate of drug-likeness (QED) is 0.752. The van der Waals surface area contributed by atoms with E-state index < -0.39 is 0 Å². The van der Waals surface area contributed by atoms with Crippen LogP contribution in [0.3, 0.4) is 0 Å². The van der Waals surface area contributed by atoms with Crippen molar-refractivity contribution in [1.82, 2.24) is 9.97 Å². The van der Waals surface area contributed by atoms with Crippen LogP contribution in [0.1, 0.15) is 13.3 Å². The molecule has 2 aromatic heterocycles. The Bertz CT molecular complexity index is 392. The molecule has 0 fully saturated rings. The molecule has 13 heavy (non-hydrogen) atoms. The van der Waals surface area contributed by atoms with Crippen molar-refractivity contribution >= 4 is 16.7 Å². The molecule has 0 spiro atoms. The Morgan fingerprint density at radius 1 is 1.54 bits per heavy atom. The van der Waals surface area contributed by atoms with Gasteiger partial charge in [0.2, 0.25) is 0 Å². The molecule has 0 aliphatic heterocycles. The molecule has 0 unspecified atom stereocenters. The average Bonchev–Trinajstić information content (AvgIpc) is 2.61. The zero-order chi connectivity index (χ0) is 9.10. The number of aromatic amines is 1. The summed E-state index contributed by atoms with van der Waals surface area (Å²) in [7, 11) is 0. The first kappa shape index (κ1) is 8.10. The average molecular weight is 175 g/mol. The number of hydrogen-bond acceptors (Lipinski definition) is 2.